The first-order valence-electron chi connectivity index (χ1n) is 7.02. The number of pyridine rings is 1. The molecule has 0 saturated heterocycles. The fourth-order valence-corrected chi connectivity index (χ4v) is 2.58. The fraction of sp³-hybridized carbons (Fsp3) is 0.312. The highest BCUT2D eigenvalue weighted by Crippen LogP contribution is 2.27. The molecular formula is C16H17N3O3. The van der Waals surface area contributed by atoms with Crippen LogP contribution < -0.4 is 4.73 Å². The molecule has 0 N–H and O–H groups in total. The first-order chi connectivity index (χ1) is 10.4. The maximum Gasteiger partial charge on any atom is 0.302 e. The van der Waals surface area contributed by atoms with Gasteiger partial charge in [0.1, 0.15) is 6.61 Å². The predicted octanol–water partition coefficient (Wildman–Crippen LogP) is 2.12. The van der Waals surface area contributed by atoms with Gasteiger partial charge in [0.05, 0.1) is 22.8 Å². The predicted molar refractivity (Wildman–Crippen MR) is 82.2 cm³/mol. The van der Waals surface area contributed by atoms with E-state index in [9.17, 15) is 10.0 Å². The Morgan fingerprint density at radius 3 is 2.86 bits per heavy atom. The van der Waals surface area contributed by atoms with Crippen LogP contribution in [0.4, 0.5) is 0 Å². The molecular weight excluding hydrogens is 282 g/mol. The van der Waals surface area contributed by atoms with Crippen molar-refractivity contribution in [3.05, 3.63) is 42.0 Å². The van der Waals surface area contributed by atoms with Crippen molar-refractivity contribution in [2.45, 2.75) is 26.3 Å². The molecule has 0 amide bonds. The van der Waals surface area contributed by atoms with Crippen molar-refractivity contribution >= 4 is 27.9 Å². The highest BCUT2D eigenvalue weighted by atomic mass is 16.5. The summed E-state index contributed by atoms with van der Waals surface area (Å²) in [6.07, 6.45) is 3.15. The van der Waals surface area contributed by atoms with Gasteiger partial charge in [0.15, 0.2) is 5.52 Å². The van der Waals surface area contributed by atoms with Gasteiger partial charge in [-0.3, -0.25) is 4.79 Å². The molecule has 0 aliphatic carbocycles. The number of ether oxygens (including phenoxy) is 1. The van der Waals surface area contributed by atoms with Crippen LogP contribution in [-0.2, 0) is 15.1 Å². The van der Waals surface area contributed by atoms with Crippen LogP contribution in [0.1, 0.15) is 20.8 Å². The van der Waals surface area contributed by atoms with E-state index < -0.39 is 5.54 Å². The molecule has 0 bridgehead atoms. The lowest BCUT2D eigenvalue weighted by Gasteiger charge is -2.26. The van der Waals surface area contributed by atoms with Gasteiger partial charge in [0, 0.05) is 13.0 Å². The Labute approximate surface area is 127 Å². The minimum atomic E-state index is -0.474. The zero-order chi connectivity index (χ0) is 15.9. The van der Waals surface area contributed by atoms with Gasteiger partial charge in [-0.15, -0.1) is 0 Å². The Morgan fingerprint density at radius 1 is 1.41 bits per heavy atom. The second-order valence-electron chi connectivity index (χ2n) is 5.91. The van der Waals surface area contributed by atoms with Crippen LogP contribution in [0, 0.1) is 5.21 Å². The molecule has 2 aromatic heterocycles. The highest BCUT2D eigenvalue weighted by molar-refractivity contribution is 6.00. The van der Waals surface area contributed by atoms with Gasteiger partial charge in [-0.25, -0.2) is 4.98 Å². The molecule has 2 heterocycles. The summed E-state index contributed by atoms with van der Waals surface area (Å²) in [5.41, 5.74) is 1.59. The van der Waals surface area contributed by atoms with Crippen molar-refractivity contribution in [3.8, 4) is 0 Å². The third-order valence-corrected chi connectivity index (χ3v) is 3.71. The van der Waals surface area contributed by atoms with Crippen LogP contribution in [0.15, 0.2) is 36.8 Å². The van der Waals surface area contributed by atoms with E-state index in [2.05, 4.69) is 4.98 Å². The van der Waals surface area contributed by atoms with Gasteiger partial charge in [-0.1, -0.05) is 12.1 Å². The molecule has 0 aliphatic rings. The van der Waals surface area contributed by atoms with E-state index in [1.54, 1.807) is 12.4 Å². The average Bonchev–Trinajstić information content (AvgIpc) is 2.90. The zero-order valence-corrected chi connectivity index (χ0v) is 12.7. The lowest BCUT2D eigenvalue weighted by Crippen LogP contribution is -2.33. The molecule has 6 nitrogen and oxygen atoms in total. The molecule has 0 aliphatic heterocycles. The Kier molecular flexibility index (Phi) is 3.24. The van der Waals surface area contributed by atoms with E-state index in [4.69, 9.17) is 4.74 Å². The summed E-state index contributed by atoms with van der Waals surface area (Å²) in [4.78, 5) is 15.4. The van der Waals surface area contributed by atoms with Gasteiger partial charge in [0.25, 0.3) is 0 Å². The number of esters is 1. The van der Waals surface area contributed by atoms with Gasteiger partial charge in [0.2, 0.25) is 11.7 Å². The smallest absolute Gasteiger partial charge is 0.302 e. The van der Waals surface area contributed by atoms with Crippen LogP contribution >= 0.6 is 0 Å². The quantitative estimate of drug-likeness (QED) is 0.422. The Hall–Kier alpha value is -2.63. The first-order valence-corrected chi connectivity index (χ1v) is 7.02. The summed E-state index contributed by atoms with van der Waals surface area (Å²) in [5.74, 6) is -0.320. The van der Waals surface area contributed by atoms with E-state index in [1.807, 2.05) is 36.6 Å². The van der Waals surface area contributed by atoms with E-state index in [1.165, 1.54) is 13.1 Å². The summed E-state index contributed by atoms with van der Waals surface area (Å²) in [6.45, 7) is 5.54. The number of carbonyl (C=O) groups excluding carboxylic acids is 1. The third kappa shape index (κ3) is 2.26. The molecule has 1 aromatic carbocycles. The van der Waals surface area contributed by atoms with Crippen LogP contribution in [0.25, 0.3) is 21.9 Å². The summed E-state index contributed by atoms with van der Waals surface area (Å²) in [6, 6.07) is 7.38. The molecule has 22 heavy (non-hydrogen) atoms. The molecule has 0 spiro atoms. The normalized spacial score (nSPS) is 12.0. The van der Waals surface area contributed by atoms with Crippen molar-refractivity contribution in [3.63, 3.8) is 0 Å². The number of carbonyl (C=O) groups is 1. The SMILES string of the molecule is CC(=O)OCC(C)(C)n1cnc2c[n+]([O-])c3ccccc3c21. The van der Waals surface area contributed by atoms with Crippen molar-refractivity contribution in [1.29, 1.82) is 0 Å². The Bertz CT molecular complexity index is 868. The van der Waals surface area contributed by atoms with Crippen molar-refractivity contribution in [1.82, 2.24) is 9.55 Å². The second kappa shape index (κ2) is 4.98. The van der Waals surface area contributed by atoms with Crippen molar-refractivity contribution in [2.24, 2.45) is 0 Å². The van der Waals surface area contributed by atoms with Gasteiger partial charge in [-0.05, 0) is 19.9 Å². The van der Waals surface area contributed by atoms with E-state index >= 15 is 0 Å². The van der Waals surface area contributed by atoms with Gasteiger partial charge < -0.3 is 14.5 Å². The van der Waals surface area contributed by atoms with Crippen molar-refractivity contribution < 1.29 is 14.3 Å². The maximum atomic E-state index is 12.1. The van der Waals surface area contributed by atoms with Crippen LogP contribution in [0.2, 0.25) is 0 Å². The fourth-order valence-electron chi connectivity index (χ4n) is 2.58. The topological polar surface area (TPSA) is 71.1 Å². The minimum absolute atomic E-state index is 0.231. The van der Waals surface area contributed by atoms with E-state index in [0.717, 1.165) is 15.6 Å². The highest BCUT2D eigenvalue weighted by Gasteiger charge is 2.26. The second-order valence-corrected chi connectivity index (χ2v) is 5.91. The van der Waals surface area contributed by atoms with Crippen molar-refractivity contribution in [2.75, 3.05) is 6.61 Å². The minimum Gasteiger partial charge on any atom is -0.618 e. The number of benzene rings is 1. The van der Waals surface area contributed by atoms with Crippen LogP contribution in [0.5, 0.6) is 0 Å². The Balaban J connectivity index is 2.23. The van der Waals surface area contributed by atoms with E-state index in [0.29, 0.717) is 11.0 Å². The Morgan fingerprint density at radius 2 is 2.14 bits per heavy atom. The molecule has 3 aromatic rings. The molecule has 3 rings (SSSR count). The number of nitrogens with zero attached hydrogens (tertiary/aromatic N) is 3. The summed E-state index contributed by atoms with van der Waals surface area (Å²) in [7, 11) is 0. The molecule has 0 atom stereocenters. The maximum absolute atomic E-state index is 12.1. The van der Waals surface area contributed by atoms with Crippen LogP contribution in [-0.4, -0.2) is 22.1 Å². The lowest BCUT2D eigenvalue weighted by molar-refractivity contribution is -0.575. The molecule has 0 fully saturated rings. The standard InChI is InChI=1S/C16H17N3O3/c1-11(20)22-9-16(2,3)18-10-17-13-8-19(21)14-7-5-4-6-12(14)15(13)18/h4-8,10H,9H2,1-3H3. The molecule has 0 radical (unpaired) electrons. The molecule has 0 saturated carbocycles. The average molecular weight is 299 g/mol. The number of aromatic nitrogens is 3. The van der Waals surface area contributed by atoms with Gasteiger partial charge >= 0.3 is 5.97 Å². The van der Waals surface area contributed by atoms with Crippen LogP contribution in [0.3, 0.4) is 0 Å². The number of imidazole rings is 1. The largest absolute Gasteiger partial charge is 0.618 e. The number of fused-ring (bicyclic) bond motifs is 3. The monoisotopic (exact) mass is 299 g/mol. The zero-order valence-electron chi connectivity index (χ0n) is 12.7. The summed E-state index contributed by atoms with van der Waals surface area (Å²) < 4.78 is 7.94. The number of hydrogen-bond donors (Lipinski definition) is 0. The third-order valence-electron chi connectivity index (χ3n) is 3.71. The number of hydrogen-bond acceptors (Lipinski definition) is 4. The first kappa shape index (κ1) is 14.3. The van der Waals surface area contributed by atoms with E-state index in [-0.39, 0.29) is 12.6 Å². The molecule has 6 heteroatoms. The molecule has 114 valence electrons. The number of rotatable bonds is 3. The molecule has 0 unspecified atom stereocenters. The number of para-hydroxylation sites is 1. The lowest BCUT2D eigenvalue weighted by atomic mass is 10.1. The summed E-state index contributed by atoms with van der Waals surface area (Å²) >= 11 is 0. The summed E-state index contributed by atoms with van der Waals surface area (Å²) in [5, 5.41) is 12.9. The van der Waals surface area contributed by atoms with Gasteiger partial charge in [-0.2, -0.15) is 4.73 Å².